The summed E-state index contributed by atoms with van der Waals surface area (Å²) in [5, 5.41) is 15.6. The van der Waals surface area contributed by atoms with Gasteiger partial charge >= 0.3 is 0 Å². The van der Waals surface area contributed by atoms with Crippen LogP contribution in [-0.4, -0.2) is 47.6 Å². The van der Waals surface area contributed by atoms with Crippen LogP contribution in [0, 0.1) is 5.82 Å². The summed E-state index contributed by atoms with van der Waals surface area (Å²) in [7, 11) is 0. The third-order valence-corrected chi connectivity index (χ3v) is 5.98. The van der Waals surface area contributed by atoms with E-state index in [4.69, 9.17) is 21.2 Å². The number of aliphatic hydroxyl groups excluding tert-OH is 1. The van der Waals surface area contributed by atoms with Crippen molar-refractivity contribution in [1.29, 1.82) is 0 Å². The highest BCUT2D eigenvalue weighted by Gasteiger charge is 2.26. The van der Waals surface area contributed by atoms with Gasteiger partial charge < -0.3 is 14.7 Å². The zero-order valence-corrected chi connectivity index (χ0v) is 19.6. The minimum atomic E-state index is -0.676. The Morgan fingerprint density at radius 3 is 2.56 bits per heavy atom. The van der Waals surface area contributed by atoms with Crippen LogP contribution in [0.3, 0.4) is 0 Å². The molecule has 7 heteroatoms. The van der Waals surface area contributed by atoms with Gasteiger partial charge in [0.2, 0.25) is 0 Å². The average Bonchev–Trinajstić information content (AvgIpc) is 3.30. The van der Waals surface area contributed by atoms with E-state index < -0.39 is 6.10 Å². The molecule has 0 spiro atoms. The van der Waals surface area contributed by atoms with Gasteiger partial charge in [0, 0.05) is 31.1 Å². The topological polar surface area (TPSA) is 54.3 Å². The first-order valence-corrected chi connectivity index (χ1v) is 11.7. The summed E-state index contributed by atoms with van der Waals surface area (Å²) in [6.07, 6.45) is -0.254. The summed E-state index contributed by atoms with van der Waals surface area (Å²) in [5.41, 5.74) is 3.66. The van der Waals surface area contributed by atoms with E-state index in [1.165, 1.54) is 12.1 Å². The van der Waals surface area contributed by atoms with Gasteiger partial charge in [0.15, 0.2) is 0 Å². The lowest BCUT2D eigenvalue weighted by atomic mass is 10.0. The Morgan fingerprint density at radius 1 is 1.06 bits per heavy atom. The molecule has 0 saturated carbocycles. The molecule has 0 radical (unpaired) electrons. The Hall–Kier alpha value is -2.77. The second kappa shape index (κ2) is 12.1. The third kappa shape index (κ3) is 7.11. The molecule has 2 atom stereocenters. The van der Waals surface area contributed by atoms with Crippen LogP contribution in [-0.2, 0) is 22.7 Å². The number of benzene rings is 3. The predicted molar refractivity (Wildman–Crippen MR) is 131 cm³/mol. The summed E-state index contributed by atoms with van der Waals surface area (Å²) in [4.78, 5) is 7.78. The van der Waals surface area contributed by atoms with Crippen LogP contribution in [0.2, 0.25) is 5.02 Å². The van der Waals surface area contributed by atoms with E-state index in [2.05, 4.69) is 10.1 Å². The molecule has 1 aliphatic heterocycles. The first-order chi connectivity index (χ1) is 16.6. The smallest absolute Gasteiger partial charge is 0.145 e. The number of hydrogen-bond donors (Lipinski definition) is 1. The molecule has 0 fully saturated rings. The standard InChI is InChI=1S/C27H28ClFN2O3/c28-26-9-5-4-8-22(26)15-31(16-24(32)19-33-18-20-6-2-1-3-7-20)17-25-14-27(30-34-25)21-10-12-23(29)13-11-21/h1-13,24-25,32H,14-19H2. The Balaban J connectivity index is 1.35. The van der Waals surface area contributed by atoms with E-state index in [-0.39, 0.29) is 18.5 Å². The van der Waals surface area contributed by atoms with Gasteiger partial charge in [-0.05, 0) is 34.9 Å². The van der Waals surface area contributed by atoms with E-state index in [1.807, 2.05) is 54.6 Å². The molecular weight excluding hydrogens is 455 g/mol. The van der Waals surface area contributed by atoms with E-state index in [0.29, 0.717) is 37.7 Å². The zero-order valence-electron chi connectivity index (χ0n) is 18.8. The van der Waals surface area contributed by atoms with E-state index >= 15 is 0 Å². The van der Waals surface area contributed by atoms with Gasteiger partial charge in [0.1, 0.15) is 11.9 Å². The van der Waals surface area contributed by atoms with Crippen LogP contribution in [0.4, 0.5) is 4.39 Å². The molecule has 34 heavy (non-hydrogen) atoms. The number of nitrogens with zero attached hydrogens (tertiary/aromatic N) is 2. The summed E-state index contributed by atoms with van der Waals surface area (Å²) in [6, 6.07) is 23.8. The van der Waals surface area contributed by atoms with Crippen molar-refractivity contribution in [3.8, 4) is 0 Å². The average molecular weight is 483 g/mol. The molecule has 0 bridgehead atoms. The molecule has 0 aliphatic carbocycles. The second-order valence-corrected chi connectivity index (χ2v) is 8.82. The van der Waals surface area contributed by atoms with Gasteiger partial charge in [-0.2, -0.15) is 0 Å². The van der Waals surface area contributed by atoms with Crippen molar-refractivity contribution in [2.24, 2.45) is 5.16 Å². The molecular formula is C27H28ClFN2O3. The fraction of sp³-hybridized carbons (Fsp3) is 0.296. The molecule has 1 heterocycles. The quantitative estimate of drug-likeness (QED) is 0.415. The van der Waals surface area contributed by atoms with Gasteiger partial charge in [-0.3, -0.25) is 4.90 Å². The fourth-order valence-electron chi connectivity index (χ4n) is 3.94. The lowest BCUT2D eigenvalue weighted by Gasteiger charge is -2.27. The molecule has 1 aliphatic rings. The number of oxime groups is 1. The molecule has 1 N–H and O–H groups in total. The zero-order chi connectivity index (χ0) is 23.8. The minimum Gasteiger partial charge on any atom is -0.390 e. The van der Waals surface area contributed by atoms with Gasteiger partial charge in [-0.15, -0.1) is 0 Å². The first kappa shape index (κ1) is 24.4. The normalized spacial score (nSPS) is 16.4. The number of rotatable bonds is 11. The molecule has 4 rings (SSSR count). The maximum absolute atomic E-state index is 13.2. The van der Waals surface area contributed by atoms with E-state index in [1.54, 1.807) is 12.1 Å². The van der Waals surface area contributed by atoms with Crippen LogP contribution in [0.5, 0.6) is 0 Å². The molecule has 3 aromatic carbocycles. The van der Waals surface area contributed by atoms with Crippen LogP contribution >= 0.6 is 11.6 Å². The Labute approximate surface area is 204 Å². The van der Waals surface area contributed by atoms with E-state index in [9.17, 15) is 9.50 Å². The van der Waals surface area contributed by atoms with Crippen molar-refractivity contribution in [1.82, 2.24) is 4.90 Å². The molecule has 0 aromatic heterocycles. The molecule has 2 unspecified atom stereocenters. The van der Waals surface area contributed by atoms with Crippen LogP contribution in [0.15, 0.2) is 84.0 Å². The van der Waals surface area contributed by atoms with Crippen molar-refractivity contribution in [2.75, 3.05) is 19.7 Å². The summed E-state index contributed by atoms with van der Waals surface area (Å²) in [6.45, 7) is 2.17. The number of hydrogen-bond acceptors (Lipinski definition) is 5. The Morgan fingerprint density at radius 2 is 1.79 bits per heavy atom. The predicted octanol–water partition coefficient (Wildman–Crippen LogP) is 5.05. The lowest BCUT2D eigenvalue weighted by Crippen LogP contribution is -2.39. The minimum absolute atomic E-state index is 0.181. The summed E-state index contributed by atoms with van der Waals surface area (Å²) < 4.78 is 19.0. The highest BCUT2D eigenvalue weighted by Crippen LogP contribution is 2.21. The van der Waals surface area contributed by atoms with Crippen LogP contribution < -0.4 is 0 Å². The highest BCUT2D eigenvalue weighted by atomic mass is 35.5. The fourth-order valence-corrected chi connectivity index (χ4v) is 4.13. The first-order valence-electron chi connectivity index (χ1n) is 11.3. The van der Waals surface area contributed by atoms with Crippen LogP contribution in [0.1, 0.15) is 23.1 Å². The molecule has 0 saturated heterocycles. The molecule has 178 valence electrons. The molecule has 0 amide bonds. The maximum atomic E-state index is 13.2. The number of aliphatic hydroxyl groups is 1. The maximum Gasteiger partial charge on any atom is 0.145 e. The SMILES string of the molecule is OC(COCc1ccccc1)CN(Cc1ccccc1Cl)CC1CC(c2ccc(F)cc2)=NO1. The van der Waals surface area contributed by atoms with Gasteiger partial charge in [-0.25, -0.2) is 4.39 Å². The lowest BCUT2D eigenvalue weighted by molar-refractivity contribution is -0.00648. The highest BCUT2D eigenvalue weighted by molar-refractivity contribution is 6.31. The van der Waals surface area contributed by atoms with Crippen molar-refractivity contribution < 1.29 is 19.1 Å². The van der Waals surface area contributed by atoms with Gasteiger partial charge in [0.05, 0.1) is 25.0 Å². The second-order valence-electron chi connectivity index (χ2n) is 8.42. The van der Waals surface area contributed by atoms with Crippen molar-refractivity contribution in [2.45, 2.75) is 31.8 Å². The van der Waals surface area contributed by atoms with E-state index in [0.717, 1.165) is 22.4 Å². The summed E-state index contributed by atoms with van der Waals surface area (Å²) >= 11 is 6.39. The van der Waals surface area contributed by atoms with Gasteiger partial charge in [-0.1, -0.05) is 77.4 Å². The molecule has 5 nitrogen and oxygen atoms in total. The van der Waals surface area contributed by atoms with Crippen molar-refractivity contribution in [3.63, 3.8) is 0 Å². The molecule has 3 aromatic rings. The van der Waals surface area contributed by atoms with Crippen molar-refractivity contribution >= 4 is 17.3 Å². The Kier molecular flexibility index (Phi) is 8.66. The van der Waals surface area contributed by atoms with Crippen LogP contribution in [0.25, 0.3) is 0 Å². The van der Waals surface area contributed by atoms with Gasteiger partial charge in [0.25, 0.3) is 0 Å². The number of halogens is 2. The summed E-state index contributed by atoms with van der Waals surface area (Å²) in [5.74, 6) is -0.283. The monoisotopic (exact) mass is 482 g/mol. The van der Waals surface area contributed by atoms with Crippen molar-refractivity contribution in [3.05, 3.63) is 106 Å². The Bertz CT molecular complexity index is 1080. The largest absolute Gasteiger partial charge is 0.390 e. The number of ether oxygens (including phenoxy) is 1. The third-order valence-electron chi connectivity index (χ3n) is 5.61.